The summed E-state index contributed by atoms with van der Waals surface area (Å²) < 4.78 is 94.6. The van der Waals surface area contributed by atoms with Gasteiger partial charge in [-0.25, -0.2) is 4.90 Å². The van der Waals surface area contributed by atoms with Gasteiger partial charge in [0.1, 0.15) is 5.75 Å². The van der Waals surface area contributed by atoms with Crippen LogP contribution in [0, 0.1) is 23.7 Å². The van der Waals surface area contributed by atoms with Crippen molar-refractivity contribution < 1.29 is 60.1 Å². The van der Waals surface area contributed by atoms with Gasteiger partial charge in [0.2, 0.25) is 11.8 Å². The lowest BCUT2D eigenvalue weighted by molar-refractivity contribution is -0.143. The quantitative estimate of drug-likeness (QED) is 0.107. The molecule has 18 heteroatoms. The molecule has 0 spiro atoms. The molecule has 10 nitrogen and oxygen atoms in total. The summed E-state index contributed by atoms with van der Waals surface area (Å²) in [5, 5.41) is 11.8. The van der Waals surface area contributed by atoms with Crippen molar-refractivity contribution in [3.05, 3.63) is 123 Å². The van der Waals surface area contributed by atoms with Crippen LogP contribution in [0.3, 0.4) is 0 Å². The second-order valence-corrected chi connectivity index (χ2v) is 15.8. The molecule has 6 unspecified atom stereocenters. The molecule has 2 aliphatic carbocycles. The lowest BCUT2D eigenvalue weighted by atomic mass is 9.49. The number of phenolic OH excluding ortho intramolecular Hbond substituents is 1. The summed E-state index contributed by atoms with van der Waals surface area (Å²) in [7, 11) is 2.74. The predicted octanol–water partition coefficient (Wildman–Crippen LogP) is 8.94. The maximum Gasteiger partial charge on any atom is 0.416 e. The van der Waals surface area contributed by atoms with Crippen LogP contribution in [0.25, 0.3) is 0 Å². The van der Waals surface area contributed by atoms with E-state index in [2.05, 4.69) is 5.43 Å². The van der Waals surface area contributed by atoms with Gasteiger partial charge in [0.25, 0.3) is 11.8 Å². The molecule has 4 aliphatic rings. The Kier molecular flexibility index (Phi) is 9.89. The summed E-state index contributed by atoms with van der Waals surface area (Å²) in [5.41, 5.74) is -2.08. The fourth-order valence-electron chi connectivity index (χ4n) is 9.41. The molecule has 1 saturated carbocycles. The van der Waals surface area contributed by atoms with Gasteiger partial charge in [-0.05, 0) is 90.6 Å². The van der Waals surface area contributed by atoms with Crippen LogP contribution in [-0.2, 0) is 36.9 Å². The van der Waals surface area contributed by atoms with Gasteiger partial charge >= 0.3 is 12.4 Å². The number of hydrogen-bond acceptors (Lipinski definition) is 8. The molecule has 2 saturated heterocycles. The number of alkyl halides is 6. The van der Waals surface area contributed by atoms with Gasteiger partial charge in [0, 0.05) is 10.9 Å². The largest absolute Gasteiger partial charge is 0.504 e. The highest BCUT2D eigenvalue weighted by molar-refractivity contribution is 6.36. The number of nitrogens with one attached hydrogen (secondary N) is 1. The summed E-state index contributed by atoms with van der Waals surface area (Å²) >= 11 is 12.6. The number of phenols is 1. The molecule has 4 aromatic rings. The Bertz CT molecular complexity index is 2480. The van der Waals surface area contributed by atoms with Crippen molar-refractivity contribution in [2.24, 2.45) is 23.7 Å². The molecule has 60 heavy (non-hydrogen) atoms. The van der Waals surface area contributed by atoms with Gasteiger partial charge < -0.3 is 14.6 Å². The third-order valence-corrected chi connectivity index (χ3v) is 12.5. The number of carbonyl (C=O) groups excluding carboxylic acids is 4. The number of aromatic hydroxyl groups is 1. The number of hydrogen-bond donors (Lipinski definition) is 2. The zero-order chi connectivity index (χ0) is 43.2. The molecular formula is C42H31Cl2F6N3O7. The van der Waals surface area contributed by atoms with Gasteiger partial charge in [0.05, 0.1) is 64.9 Å². The standard InChI is InChI=1S/C42H31Cl2F6N3O7/c1-59-25-7-4-20(5-8-25)40-29(37(56)53(39(40)58)51-31-11-6-23(43)17-30(31)44)18-28-26(35(40)19-3-12-32(54)33(13-19)60-2)9-10-27-34(28)38(57)52(36(27)55)24-15-21(41(45,46)47)14-22(16-24)42(48,49)50/h3-9,11-17,27-29,34-35,51,54H,10,18H2,1-2H3. The van der Waals surface area contributed by atoms with Crippen LogP contribution >= 0.6 is 23.2 Å². The second kappa shape index (κ2) is 14.5. The van der Waals surface area contributed by atoms with Crippen LogP contribution in [0.2, 0.25) is 10.0 Å². The van der Waals surface area contributed by atoms with E-state index in [-0.39, 0.29) is 46.1 Å². The smallest absolute Gasteiger partial charge is 0.416 e. The fraction of sp³-hybridized carbons (Fsp3) is 0.286. The predicted molar refractivity (Wildman–Crippen MR) is 204 cm³/mol. The van der Waals surface area contributed by atoms with Gasteiger partial charge in [-0.2, -0.15) is 31.4 Å². The van der Waals surface area contributed by atoms with Crippen LogP contribution in [-0.4, -0.2) is 48.0 Å². The lowest BCUT2D eigenvalue weighted by Crippen LogP contribution is -2.53. The van der Waals surface area contributed by atoms with Crippen molar-refractivity contribution in [3.8, 4) is 17.2 Å². The number of benzene rings is 4. The van der Waals surface area contributed by atoms with E-state index in [9.17, 15) is 45.8 Å². The molecule has 2 aliphatic heterocycles. The van der Waals surface area contributed by atoms with Gasteiger partial charge in [-0.15, -0.1) is 0 Å². The lowest BCUT2D eigenvalue weighted by Gasteiger charge is -2.50. The maximum atomic E-state index is 15.4. The van der Waals surface area contributed by atoms with Crippen LogP contribution in [0.4, 0.5) is 37.7 Å². The van der Waals surface area contributed by atoms with Crippen LogP contribution in [0.5, 0.6) is 17.2 Å². The number of ether oxygens (including phenoxy) is 2. The number of carbonyl (C=O) groups is 4. The van der Waals surface area contributed by atoms with Gasteiger partial charge in [-0.3, -0.25) is 24.6 Å². The van der Waals surface area contributed by atoms with E-state index in [1.807, 2.05) is 0 Å². The molecule has 4 aromatic carbocycles. The first kappa shape index (κ1) is 41.0. The van der Waals surface area contributed by atoms with E-state index in [1.54, 1.807) is 30.3 Å². The van der Waals surface area contributed by atoms with E-state index in [0.717, 1.165) is 5.01 Å². The Balaban J connectivity index is 1.32. The third-order valence-electron chi connectivity index (χ3n) is 11.9. The molecule has 4 amide bonds. The number of rotatable bonds is 7. The number of methoxy groups -OCH3 is 2. The molecule has 0 aromatic heterocycles. The highest BCUT2D eigenvalue weighted by atomic mass is 35.5. The Labute approximate surface area is 347 Å². The van der Waals surface area contributed by atoms with Crippen molar-refractivity contribution in [3.63, 3.8) is 0 Å². The highest BCUT2D eigenvalue weighted by Crippen LogP contribution is 2.64. The van der Waals surface area contributed by atoms with E-state index < -0.39 is 87.8 Å². The first-order valence-corrected chi connectivity index (χ1v) is 19.1. The van der Waals surface area contributed by atoms with Crippen molar-refractivity contribution in [2.45, 2.75) is 36.5 Å². The van der Waals surface area contributed by atoms with Crippen molar-refractivity contribution in [2.75, 3.05) is 24.5 Å². The first-order valence-electron chi connectivity index (χ1n) is 18.3. The van der Waals surface area contributed by atoms with E-state index in [4.69, 9.17) is 32.7 Å². The average molecular weight is 875 g/mol. The number of hydrazine groups is 1. The van der Waals surface area contributed by atoms with Gasteiger partial charge in [-0.1, -0.05) is 53.1 Å². The number of halogens is 8. The van der Waals surface area contributed by atoms with Crippen molar-refractivity contribution in [1.29, 1.82) is 0 Å². The molecule has 6 atom stereocenters. The summed E-state index contributed by atoms with van der Waals surface area (Å²) in [6.07, 6.45) is -9.33. The normalized spacial score (nSPS) is 25.2. The number of anilines is 2. The first-order chi connectivity index (χ1) is 28.3. The zero-order valence-corrected chi connectivity index (χ0v) is 32.7. The molecule has 2 N–H and O–H groups in total. The third kappa shape index (κ3) is 6.33. The van der Waals surface area contributed by atoms with Crippen LogP contribution < -0.4 is 19.8 Å². The minimum Gasteiger partial charge on any atom is -0.504 e. The number of fused-ring (bicyclic) bond motifs is 4. The zero-order valence-electron chi connectivity index (χ0n) is 31.2. The second-order valence-electron chi connectivity index (χ2n) is 14.9. The van der Waals surface area contributed by atoms with Crippen molar-refractivity contribution in [1.82, 2.24) is 5.01 Å². The fourth-order valence-corrected chi connectivity index (χ4v) is 9.87. The number of allylic oxidation sites excluding steroid dienone is 2. The van der Waals surface area contributed by atoms with Crippen LogP contribution in [0.1, 0.15) is 41.0 Å². The summed E-state index contributed by atoms with van der Waals surface area (Å²) in [6.45, 7) is 0. The van der Waals surface area contributed by atoms with Gasteiger partial charge in [0.15, 0.2) is 11.5 Å². The topological polar surface area (TPSA) is 125 Å². The molecule has 2 heterocycles. The Morgan fingerprint density at radius 1 is 0.783 bits per heavy atom. The summed E-state index contributed by atoms with van der Waals surface area (Å²) in [4.78, 5) is 59.4. The SMILES string of the molecule is COc1ccc(C23C(=O)N(Nc4ccc(Cl)cc4Cl)C(=O)C2CC2C(=CCC4C(=O)N(c5cc(C(F)(F)F)cc(C(F)(F)F)c5)C(=O)C42)C3c2ccc(O)c(OC)c2)cc1. The molecular weight excluding hydrogens is 843 g/mol. The maximum absolute atomic E-state index is 15.4. The Morgan fingerprint density at radius 2 is 1.45 bits per heavy atom. The minimum absolute atomic E-state index is 0.00616. The van der Waals surface area contributed by atoms with E-state index in [1.165, 1.54) is 50.6 Å². The highest BCUT2D eigenvalue weighted by Gasteiger charge is 2.70. The van der Waals surface area contributed by atoms with Crippen molar-refractivity contribution >= 4 is 58.2 Å². The molecule has 0 bridgehead atoms. The molecule has 8 rings (SSSR count). The minimum atomic E-state index is -5.26. The summed E-state index contributed by atoms with van der Waals surface area (Å²) in [6, 6.07) is 15.6. The van der Waals surface area contributed by atoms with E-state index >= 15 is 4.79 Å². The molecule has 0 radical (unpaired) electrons. The summed E-state index contributed by atoms with van der Waals surface area (Å²) in [5.74, 6) is -9.55. The Morgan fingerprint density at radius 3 is 2.05 bits per heavy atom. The van der Waals surface area contributed by atoms with Crippen LogP contribution in [0.15, 0.2) is 90.5 Å². The number of nitrogens with zero attached hydrogens (tertiary/aromatic N) is 2. The Hall–Kier alpha value is -5.74. The average Bonchev–Trinajstić information content (AvgIpc) is 3.58. The number of imide groups is 2. The number of amides is 4. The monoisotopic (exact) mass is 873 g/mol. The molecule has 3 fully saturated rings. The molecule has 312 valence electrons. The van der Waals surface area contributed by atoms with E-state index in [0.29, 0.717) is 39.5 Å².